The zero-order chi connectivity index (χ0) is 15.2. The summed E-state index contributed by atoms with van der Waals surface area (Å²) in [5.41, 5.74) is 3.58. The second kappa shape index (κ2) is 7.62. The number of halogens is 1. The van der Waals surface area contributed by atoms with Crippen LogP contribution in [0.1, 0.15) is 29.7 Å². The topological polar surface area (TPSA) is 21.3 Å². The standard InChI is InChI=1S/C18H22BrNO/c1-4-20-12-17(15-8-6-5-7-9-15)21-16-10-13(2)18(19)14(3)11-16/h5-11,17,20H,4,12H2,1-3H3. The molecule has 1 atom stereocenters. The summed E-state index contributed by atoms with van der Waals surface area (Å²) in [6.07, 6.45) is 0.0196. The van der Waals surface area contributed by atoms with Crippen molar-refractivity contribution in [3.63, 3.8) is 0 Å². The molecule has 0 spiro atoms. The van der Waals surface area contributed by atoms with Gasteiger partial charge in [-0.1, -0.05) is 53.2 Å². The van der Waals surface area contributed by atoms with E-state index in [-0.39, 0.29) is 6.10 Å². The lowest BCUT2D eigenvalue weighted by Gasteiger charge is -2.21. The van der Waals surface area contributed by atoms with Crippen LogP contribution in [0.2, 0.25) is 0 Å². The van der Waals surface area contributed by atoms with Gasteiger partial charge in [-0.25, -0.2) is 0 Å². The number of benzene rings is 2. The molecule has 0 aliphatic heterocycles. The van der Waals surface area contributed by atoms with Gasteiger partial charge in [0.05, 0.1) is 0 Å². The first-order chi connectivity index (χ1) is 10.1. The summed E-state index contributed by atoms with van der Waals surface area (Å²) in [5.74, 6) is 0.917. The average Bonchev–Trinajstić information content (AvgIpc) is 2.49. The highest BCUT2D eigenvalue weighted by Crippen LogP contribution is 2.29. The Morgan fingerprint density at radius 2 is 1.71 bits per heavy atom. The first kappa shape index (κ1) is 16.1. The Balaban J connectivity index is 2.23. The minimum Gasteiger partial charge on any atom is -0.484 e. The van der Waals surface area contributed by atoms with Crippen LogP contribution in [-0.2, 0) is 0 Å². The SMILES string of the molecule is CCNCC(Oc1cc(C)c(Br)c(C)c1)c1ccccc1. The van der Waals surface area contributed by atoms with Gasteiger partial charge in [-0.2, -0.15) is 0 Å². The van der Waals surface area contributed by atoms with Gasteiger partial charge in [-0.3, -0.25) is 0 Å². The van der Waals surface area contributed by atoms with Crippen molar-refractivity contribution in [1.29, 1.82) is 0 Å². The number of nitrogens with one attached hydrogen (secondary N) is 1. The largest absolute Gasteiger partial charge is 0.484 e. The molecular formula is C18H22BrNO. The van der Waals surface area contributed by atoms with E-state index in [1.54, 1.807) is 0 Å². The lowest BCUT2D eigenvalue weighted by atomic mass is 10.1. The van der Waals surface area contributed by atoms with Crippen molar-refractivity contribution < 1.29 is 4.74 Å². The van der Waals surface area contributed by atoms with Crippen LogP contribution in [0.3, 0.4) is 0 Å². The minimum absolute atomic E-state index is 0.0196. The first-order valence-electron chi connectivity index (χ1n) is 7.31. The summed E-state index contributed by atoms with van der Waals surface area (Å²) in [7, 11) is 0. The van der Waals surface area contributed by atoms with Crippen LogP contribution in [0.5, 0.6) is 5.75 Å². The van der Waals surface area contributed by atoms with Crippen LogP contribution < -0.4 is 10.1 Å². The van der Waals surface area contributed by atoms with Gasteiger partial charge < -0.3 is 10.1 Å². The van der Waals surface area contributed by atoms with Crippen molar-refractivity contribution in [3.8, 4) is 5.75 Å². The molecule has 1 N–H and O–H groups in total. The van der Waals surface area contributed by atoms with Crippen molar-refractivity contribution in [2.45, 2.75) is 26.9 Å². The molecule has 2 nitrogen and oxygen atoms in total. The number of hydrogen-bond acceptors (Lipinski definition) is 2. The van der Waals surface area contributed by atoms with E-state index in [0.717, 1.165) is 23.3 Å². The van der Waals surface area contributed by atoms with Crippen molar-refractivity contribution in [1.82, 2.24) is 5.32 Å². The zero-order valence-electron chi connectivity index (χ0n) is 12.8. The molecule has 112 valence electrons. The van der Waals surface area contributed by atoms with Crippen LogP contribution in [-0.4, -0.2) is 13.1 Å². The van der Waals surface area contributed by atoms with Crippen LogP contribution in [0.4, 0.5) is 0 Å². The predicted octanol–water partition coefficient (Wildman–Crippen LogP) is 4.80. The fourth-order valence-electron chi connectivity index (χ4n) is 2.31. The third-order valence-corrected chi connectivity index (χ3v) is 4.69. The molecule has 0 aliphatic carbocycles. The summed E-state index contributed by atoms with van der Waals surface area (Å²) < 4.78 is 7.39. The third kappa shape index (κ3) is 4.32. The average molecular weight is 348 g/mol. The van der Waals surface area contributed by atoms with Crippen LogP contribution in [0.15, 0.2) is 46.9 Å². The molecule has 2 aromatic carbocycles. The van der Waals surface area contributed by atoms with Gasteiger partial charge in [0.2, 0.25) is 0 Å². The van der Waals surface area contributed by atoms with Crippen molar-refractivity contribution in [3.05, 3.63) is 63.6 Å². The van der Waals surface area contributed by atoms with Crippen LogP contribution in [0.25, 0.3) is 0 Å². The lowest BCUT2D eigenvalue weighted by molar-refractivity contribution is 0.202. The lowest BCUT2D eigenvalue weighted by Crippen LogP contribution is -2.25. The van der Waals surface area contributed by atoms with Gasteiger partial charge in [-0.05, 0) is 49.2 Å². The molecule has 1 unspecified atom stereocenters. The molecule has 0 heterocycles. The normalized spacial score (nSPS) is 12.2. The van der Waals surface area contributed by atoms with E-state index in [9.17, 15) is 0 Å². The summed E-state index contributed by atoms with van der Waals surface area (Å²) >= 11 is 3.60. The van der Waals surface area contributed by atoms with Gasteiger partial charge in [-0.15, -0.1) is 0 Å². The molecule has 0 fully saturated rings. The third-order valence-electron chi connectivity index (χ3n) is 3.44. The number of ether oxygens (including phenoxy) is 1. The number of hydrogen-bond donors (Lipinski definition) is 1. The van der Waals surface area contributed by atoms with Crippen LogP contribution >= 0.6 is 15.9 Å². The van der Waals surface area contributed by atoms with Gasteiger partial charge in [0.15, 0.2) is 0 Å². The quantitative estimate of drug-likeness (QED) is 0.810. The second-order valence-electron chi connectivity index (χ2n) is 5.20. The van der Waals surface area contributed by atoms with E-state index < -0.39 is 0 Å². The van der Waals surface area contributed by atoms with Crippen molar-refractivity contribution in [2.75, 3.05) is 13.1 Å². The Labute approximate surface area is 135 Å². The Kier molecular flexibility index (Phi) is 5.83. The van der Waals surface area contributed by atoms with Crippen LogP contribution in [0, 0.1) is 13.8 Å². The van der Waals surface area contributed by atoms with E-state index in [4.69, 9.17) is 4.74 Å². The summed E-state index contributed by atoms with van der Waals surface area (Å²) in [4.78, 5) is 0. The molecule has 0 amide bonds. The molecule has 0 bridgehead atoms. The second-order valence-corrected chi connectivity index (χ2v) is 5.99. The van der Waals surface area contributed by atoms with E-state index in [1.807, 2.05) is 6.07 Å². The van der Waals surface area contributed by atoms with Gasteiger partial charge in [0.1, 0.15) is 11.9 Å². The van der Waals surface area contributed by atoms with Crippen molar-refractivity contribution in [2.24, 2.45) is 0 Å². The molecule has 3 heteroatoms. The Bertz CT molecular complexity index is 560. The molecule has 0 saturated carbocycles. The van der Waals surface area contributed by atoms with Gasteiger partial charge >= 0.3 is 0 Å². The molecule has 0 aromatic heterocycles. The molecule has 0 aliphatic rings. The Morgan fingerprint density at radius 1 is 1.10 bits per heavy atom. The summed E-state index contributed by atoms with van der Waals surface area (Å²) in [6.45, 7) is 8.02. The van der Waals surface area contributed by atoms with E-state index >= 15 is 0 Å². The van der Waals surface area contributed by atoms with Crippen molar-refractivity contribution >= 4 is 15.9 Å². The molecule has 0 saturated heterocycles. The predicted molar refractivity (Wildman–Crippen MR) is 92.0 cm³/mol. The maximum Gasteiger partial charge on any atom is 0.136 e. The van der Waals surface area contributed by atoms with E-state index in [2.05, 4.69) is 78.4 Å². The monoisotopic (exact) mass is 347 g/mol. The maximum absolute atomic E-state index is 6.24. The maximum atomic E-state index is 6.24. The zero-order valence-corrected chi connectivity index (χ0v) is 14.4. The Hall–Kier alpha value is -1.32. The van der Waals surface area contributed by atoms with E-state index in [1.165, 1.54) is 16.7 Å². The Morgan fingerprint density at radius 3 is 2.29 bits per heavy atom. The number of rotatable bonds is 6. The molecule has 21 heavy (non-hydrogen) atoms. The highest BCUT2D eigenvalue weighted by molar-refractivity contribution is 9.10. The molecule has 0 radical (unpaired) electrons. The smallest absolute Gasteiger partial charge is 0.136 e. The highest BCUT2D eigenvalue weighted by Gasteiger charge is 2.13. The highest BCUT2D eigenvalue weighted by atomic mass is 79.9. The molecule has 2 rings (SSSR count). The number of aryl methyl sites for hydroxylation is 2. The first-order valence-corrected chi connectivity index (χ1v) is 8.10. The summed E-state index contributed by atoms with van der Waals surface area (Å²) in [6, 6.07) is 14.5. The van der Waals surface area contributed by atoms with E-state index in [0.29, 0.717) is 0 Å². The van der Waals surface area contributed by atoms with Gasteiger partial charge in [0, 0.05) is 11.0 Å². The van der Waals surface area contributed by atoms with Gasteiger partial charge in [0.25, 0.3) is 0 Å². The fourth-order valence-corrected chi connectivity index (χ4v) is 2.54. The summed E-state index contributed by atoms with van der Waals surface area (Å²) in [5, 5.41) is 3.37. The number of likely N-dealkylation sites (N-methyl/N-ethyl adjacent to an activating group) is 1. The molecule has 2 aromatic rings. The minimum atomic E-state index is 0.0196. The fraction of sp³-hybridized carbons (Fsp3) is 0.333. The molecular weight excluding hydrogens is 326 g/mol.